The third-order valence-electron chi connectivity index (χ3n) is 3.58. The van der Waals surface area contributed by atoms with E-state index >= 15 is 0 Å². The largest absolute Gasteiger partial charge is 0.351 e. The van der Waals surface area contributed by atoms with Gasteiger partial charge in [-0.2, -0.15) is 4.99 Å². The van der Waals surface area contributed by atoms with Crippen LogP contribution in [0.1, 0.15) is 6.92 Å². The quantitative estimate of drug-likeness (QED) is 0.752. The van der Waals surface area contributed by atoms with E-state index in [1.54, 1.807) is 9.80 Å². The Kier molecular flexibility index (Phi) is 3.78. The zero-order valence-corrected chi connectivity index (χ0v) is 11.9. The molecule has 1 unspecified atom stereocenters. The molecule has 0 bridgehead atoms. The summed E-state index contributed by atoms with van der Waals surface area (Å²) in [5, 5.41) is 0. The molecule has 0 aromatic carbocycles. The van der Waals surface area contributed by atoms with Gasteiger partial charge in [0.05, 0.1) is 11.9 Å². The highest BCUT2D eigenvalue weighted by Gasteiger charge is 2.29. The van der Waals surface area contributed by atoms with Gasteiger partial charge in [-0.25, -0.2) is 23.7 Å². The summed E-state index contributed by atoms with van der Waals surface area (Å²) in [6.07, 6.45) is 0.664. The van der Waals surface area contributed by atoms with Crippen LogP contribution in [0.4, 0.5) is 14.6 Å². The number of anilines is 1. The van der Waals surface area contributed by atoms with Crippen molar-refractivity contribution in [3.8, 4) is 0 Å². The standard InChI is InChI=1S/C13H14F2N6O/c1-8-10(15)12(22)19-13(18-8)21-4-2-20(3-5-21)11-9(14)6-16-7-17-11/h6-7,10H,2-5H2,1H3. The Hall–Kier alpha value is -2.45. The number of alkyl halides is 1. The summed E-state index contributed by atoms with van der Waals surface area (Å²) in [5.74, 6) is -0.832. The fourth-order valence-corrected chi connectivity index (χ4v) is 2.37. The predicted molar refractivity (Wildman–Crippen MR) is 76.2 cm³/mol. The topological polar surface area (TPSA) is 74.1 Å². The lowest BCUT2D eigenvalue weighted by molar-refractivity contribution is -0.120. The average Bonchev–Trinajstić information content (AvgIpc) is 2.53. The second-order valence-corrected chi connectivity index (χ2v) is 5.03. The van der Waals surface area contributed by atoms with Crippen LogP contribution >= 0.6 is 0 Å². The van der Waals surface area contributed by atoms with Crippen LogP contribution < -0.4 is 4.90 Å². The zero-order chi connectivity index (χ0) is 15.7. The molecular weight excluding hydrogens is 294 g/mol. The molecule has 1 atom stereocenters. The summed E-state index contributed by atoms with van der Waals surface area (Å²) >= 11 is 0. The third-order valence-corrected chi connectivity index (χ3v) is 3.58. The van der Waals surface area contributed by atoms with Crippen molar-refractivity contribution in [2.75, 3.05) is 31.1 Å². The summed E-state index contributed by atoms with van der Waals surface area (Å²) in [6.45, 7) is 3.43. The number of hydrogen-bond donors (Lipinski definition) is 0. The van der Waals surface area contributed by atoms with Crippen LogP contribution in [0.5, 0.6) is 0 Å². The van der Waals surface area contributed by atoms with Gasteiger partial charge in [0.1, 0.15) is 6.33 Å². The third kappa shape index (κ3) is 2.66. The van der Waals surface area contributed by atoms with Crippen LogP contribution in [0.2, 0.25) is 0 Å². The molecule has 0 N–H and O–H groups in total. The Labute approximate surface area is 125 Å². The summed E-state index contributed by atoms with van der Waals surface area (Å²) in [7, 11) is 0. The highest BCUT2D eigenvalue weighted by atomic mass is 19.1. The normalized spacial score (nSPS) is 22.5. The van der Waals surface area contributed by atoms with Gasteiger partial charge in [-0.15, -0.1) is 0 Å². The number of aliphatic imine (C=N–C) groups is 2. The number of piperazine rings is 1. The van der Waals surface area contributed by atoms with E-state index in [-0.39, 0.29) is 17.5 Å². The van der Waals surface area contributed by atoms with Crippen molar-refractivity contribution < 1.29 is 13.6 Å². The first-order chi connectivity index (χ1) is 10.6. The van der Waals surface area contributed by atoms with Gasteiger partial charge >= 0.3 is 0 Å². The van der Waals surface area contributed by atoms with Crippen LogP contribution in [0, 0.1) is 5.82 Å². The molecule has 0 radical (unpaired) electrons. The van der Waals surface area contributed by atoms with E-state index in [0.717, 1.165) is 6.20 Å². The number of rotatable bonds is 1. The van der Waals surface area contributed by atoms with E-state index < -0.39 is 17.9 Å². The number of carbonyl (C=O) groups is 1. The van der Waals surface area contributed by atoms with E-state index in [1.165, 1.54) is 13.3 Å². The lowest BCUT2D eigenvalue weighted by atomic mass is 10.2. The Morgan fingerprint density at radius 1 is 1.18 bits per heavy atom. The molecule has 1 amide bonds. The maximum atomic E-state index is 13.7. The van der Waals surface area contributed by atoms with E-state index in [9.17, 15) is 13.6 Å². The van der Waals surface area contributed by atoms with E-state index in [1.807, 2.05) is 0 Å². The Bertz CT molecular complexity index is 654. The molecule has 2 aliphatic heterocycles. The molecule has 116 valence electrons. The van der Waals surface area contributed by atoms with Gasteiger partial charge in [-0.1, -0.05) is 0 Å². The van der Waals surface area contributed by atoms with Gasteiger partial charge in [0.25, 0.3) is 5.91 Å². The number of carbonyl (C=O) groups excluding carboxylic acids is 1. The van der Waals surface area contributed by atoms with Crippen LogP contribution in [-0.2, 0) is 4.79 Å². The smallest absolute Gasteiger partial charge is 0.289 e. The molecule has 1 aromatic rings. The highest BCUT2D eigenvalue weighted by molar-refractivity contribution is 6.16. The fraction of sp³-hybridized carbons (Fsp3) is 0.462. The van der Waals surface area contributed by atoms with Crippen molar-refractivity contribution in [2.24, 2.45) is 9.98 Å². The van der Waals surface area contributed by atoms with E-state index in [2.05, 4.69) is 20.0 Å². The Morgan fingerprint density at radius 2 is 1.86 bits per heavy atom. The number of nitrogens with zero attached hydrogens (tertiary/aromatic N) is 6. The van der Waals surface area contributed by atoms with Gasteiger partial charge < -0.3 is 9.80 Å². The van der Waals surface area contributed by atoms with Crippen molar-refractivity contribution in [1.82, 2.24) is 14.9 Å². The first-order valence-electron chi connectivity index (χ1n) is 6.83. The second kappa shape index (κ2) is 5.74. The van der Waals surface area contributed by atoms with Crippen LogP contribution in [0.25, 0.3) is 0 Å². The minimum absolute atomic E-state index is 0.110. The van der Waals surface area contributed by atoms with Gasteiger partial charge in [0.15, 0.2) is 11.6 Å². The minimum atomic E-state index is -1.75. The number of amides is 1. The van der Waals surface area contributed by atoms with Gasteiger partial charge in [-0.3, -0.25) is 4.79 Å². The first kappa shape index (κ1) is 14.5. The average molecular weight is 308 g/mol. The maximum Gasteiger partial charge on any atom is 0.289 e. The summed E-state index contributed by atoms with van der Waals surface area (Å²) < 4.78 is 27.0. The Morgan fingerprint density at radius 3 is 2.50 bits per heavy atom. The number of aromatic nitrogens is 2. The highest BCUT2D eigenvalue weighted by Crippen LogP contribution is 2.17. The Balaban J connectivity index is 1.69. The minimum Gasteiger partial charge on any atom is -0.351 e. The SMILES string of the molecule is CC1=NC(N2CCN(c3ncncc3F)CC2)=NC(=O)C1F. The number of halogens is 2. The molecular formula is C13H14F2N6O. The summed E-state index contributed by atoms with van der Waals surface area (Å²) in [5.41, 5.74) is 0.110. The van der Waals surface area contributed by atoms with Crippen molar-refractivity contribution in [1.29, 1.82) is 0 Å². The van der Waals surface area contributed by atoms with E-state index in [4.69, 9.17) is 0 Å². The molecule has 7 nitrogen and oxygen atoms in total. The van der Waals surface area contributed by atoms with Crippen LogP contribution in [0.15, 0.2) is 22.5 Å². The molecule has 22 heavy (non-hydrogen) atoms. The molecule has 3 heterocycles. The maximum absolute atomic E-state index is 13.7. The molecule has 1 aromatic heterocycles. The molecule has 1 fully saturated rings. The molecule has 9 heteroatoms. The zero-order valence-electron chi connectivity index (χ0n) is 11.9. The summed E-state index contributed by atoms with van der Waals surface area (Å²) in [4.78, 5) is 30.3. The van der Waals surface area contributed by atoms with Crippen molar-refractivity contribution in [2.45, 2.75) is 13.1 Å². The lowest BCUT2D eigenvalue weighted by Gasteiger charge is -2.36. The summed E-state index contributed by atoms with van der Waals surface area (Å²) in [6, 6.07) is 0. The van der Waals surface area contributed by atoms with Crippen LogP contribution in [0.3, 0.4) is 0 Å². The number of guanidine groups is 1. The van der Waals surface area contributed by atoms with Crippen LogP contribution in [-0.4, -0.2) is 64.8 Å². The van der Waals surface area contributed by atoms with Gasteiger partial charge in [0.2, 0.25) is 12.1 Å². The molecule has 3 rings (SSSR count). The molecule has 1 saturated heterocycles. The number of hydrogen-bond acceptors (Lipinski definition) is 6. The van der Waals surface area contributed by atoms with Gasteiger partial charge in [0, 0.05) is 26.2 Å². The second-order valence-electron chi connectivity index (χ2n) is 5.03. The fourth-order valence-electron chi connectivity index (χ4n) is 2.37. The van der Waals surface area contributed by atoms with Gasteiger partial charge in [-0.05, 0) is 6.92 Å². The predicted octanol–water partition coefficient (Wildman–Crippen LogP) is 0.433. The first-order valence-corrected chi connectivity index (χ1v) is 6.83. The molecule has 2 aliphatic rings. The van der Waals surface area contributed by atoms with E-state index in [0.29, 0.717) is 26.2 Å². The lowest BCUT2D eigenvalue weighted by Crippen LogP contribution is -2.50. The molecule has 0 spiro atoms. The van der Waals surface area contributed by atoms with Crippen molar-refractivity contribution in [3.63, 3.8) is 0 Å². The molecule has 0 aliphatic carbocycles. The monoisotopic (exact) mass is 308 g/mol. The van der Waals surface area contributed by atoms with Crippen molar-refractivity contribution in [3.05, 3.63) is 18.3 Å². The van der Waals surface area contributed by atoms with Crippen molar-refractivity contribution >= 4 is 23.4 Å². The molecule has 0 saturated carbocycles.